The zero-order chi connectivity index (χ0) is 78.3. The Hall–Kier alpha value is -6.31. The highest BCUT2D eigenvalue weighted by Gasteiger charge is 2.59. The van der Waals surface area contributed by atoms with E-state index in [1.165, 1.54) is 7.11 Å². The summed E-state index contributed by atoms with van der Waals surface area (Å²) in [5.74, 6) is -0.904. The van der Waals surface area contributed by atoms with Gasteiger partial charge in [0, 0.05) is 28.8 Å². The number of rotatable bonds is 29. The molecule has 4 heterocycles. The summed E-state index contributed by atoms with van der Waals surface area (Å²) in [7, 11) is 16.5. The van der Waals surface area contributed by atoms with E-state index in [4.69, 9.17) is 115 Å². The lowest BCUT2D eigenvalue weighted by Crippen LogP contribution is -2.69. The van der Waals surface area contributed by atoms with Crippen LogP contribution >= 0.6 is 15.8 Å². The van der Waals surface area contributed by atoms with Crippen LogP contribution in [0.2, 0.25) is 10.1 Å². The number of benzene rings is 6. The molecule has 0 N–H and O–H groups in total. The molecule has 0 saturated carbocycles. The normalized spacial score (nSPS) is 28.8. The maximum absolute atomic E-state index is 10.7. The summed E-state index contributed by atoms with van der Waals surface area (Å²) in [6, 6.07) is 58.0. The van der Waals surface area contributed by atoms with Crippen LogP contribution in [0.5, 0.6) is 0 Å². The van der Waals surface area contributed by atoms with Crippen molar-refractivity contribution >= 4 is 95.8 Å². The number of ether oxygens (including phenoxy) is 10. The number of azide groups is 2. The van der Waals surface area contributed by atoms with E-state index in [1.54, 1.807) is 0 Å². The first-order valence-electron chi connectivity index (χ1n) is 35.7. The lowest BCUT2D eigenvalue weighted by Gasteiger charge is -2.52. The maximum Gasteiger partial charge on any atom is 0.373 e. The maximum atomic E-state index is 10.7. The van der Waals surface area contributed by atoms with Crippen LogP contribution < -0.4 is 20.7 Å². The summed E-state index contributed by atoms with van der Waals surface area (Å²) in [4.78, 5) is 39.2. The Kier molecular flexibility index (Phi) is 33.4. The standard InChI is InChI=1S/C74H94B4N6O14P2Si2.2CO2/c1-47-49(3)90-50(4)64(62(47)86-43-52-31-19-13-20-32-52)94-72-61(82-84-80)69(98-100(77)78)67(59(93-72)46-89-102(74(9,10)11,56-39-27-17-28-40-56)57-41-29-18-30-42-57)96-70-48(2)63(87-44-53-33-21-14-22-34-53)65(51(5)91-70)95-71-60(81-83-79)68(97-99(75)76)66(85-12)58(92-71)45-88-101(73(6,7)8,54-35-23-15-24-36-54)55-37-25-16-26-38-55;2*2-1-3/h13-42,47-51,58-72H,43-46H2,1-12H3;;/t47?,48?,49-,50?,51?,58?,59?,60?,61?,62-,63-,64?,65?,66+,67+,68+,69+,70+,71+,72+;;/m0../s1. The van der Waals surface area contributed by atoms with Crippen molar-refractivity contribution in [2.75, 3.05) is 20.3 Å². The molecular weight excluding hydrogens is 1450 g/mol. The molecule has 566 valence electrons. The third-order valence-electron chi connectivity index (χ3n) is 20.1. The van der Waals surface area contributed by atoms with Gasteiger partial charge in [-0.2, -0.15) is 19.2 Å². The monoisotopic (exact) mass is 1540 g/mol. The van der Waals surface area contributed by atoms with Gasteiger partial charge in [0.1, 0.15) is 91.2 Å². The smallest absolute Gasteiger partial charge is 0.373 e. The quantitative estimate of drug-likeness (QED) is 0.0139. The Labute approximate surface area is 642 Å². The minimum atomic E-state index is -3.38. The molecule has 4 aliphatic heterocycles. The molecule has 32 heteroatoms. The van der Waals surface area contributed by atoms with E-state index in [2.05, 4.69) is 117 Å². The molecule has 8 radical (unpaired) electrons. The van der Waals surface area contributed by atoms with Crippen molar-refractivity contribution in [3.63, 3.8) is 0 Å². The molecular formula is C76H94B4N6O18P2Si2. The molecule has 0 spiro atoms. The van der Waals surface area contributed by atoms with Gasteiger partial charge < -0.3 is 65.3 Å². The largest absolute Gasteiger partial charge is 0.405 e. The molecule has 4 aliphatic rings. The number of methoxy groups -OCH3 is 1. The van der Waals surface area contributed by atoms with Gasteiger partial charge in [0.25, 0.3) is 16.6 Å². The topological polar surface area (TPSA) is 295 Å². The van der Waals surface area contributed by atoms with Gasteiger partial charge in [-0.1, -0.05) is 263 Å². The Morgan fingerprint density at radius 3 is 1.07 bits per heavy atom. The molecule has 10 unspecified atom stereocenters. The van der Waals surface area contributed by atoms with Crippen LogP contribution in [-0.4, -0.2) is 190 Å². The molecule has 0 aromatic heterocycles. The Morgan fingerprint density at radius 2 is 0.741 bits per heavy atom. The average Bonchev–Trinajstić information content (AvgIpc) is 0.740. The molecule has 0 amide bonds. The van der Waals surface area contributed by atoms with Crippen molar-refractivity contribution < 1.29 is 84.4 Å². The highest BCUT2D eigenvalue weighted by Crippen LogP contribution is 2.46. The highest BCUT2D eigenvalue weighted by atomic mass is 31.1. The van der Waals surface area contributed by atoms with Crippen LogP contribution in [0.1, 0.15) is 87.3 Å². The van der Waals surface area contributed by atoms with Crippen LogP contribution in [0, 0.1) is 11.8 Å². The van der Waals surface area contributed by atoms with Crippen LogP contribution in [0.15, 0.2) is 192 Å². The minimum absolute atomic E-state index is 0.0306. The lowest BCUT2D eigenvalue weighted by molar-refractivity contribution is -0.361. The first-order valence-corrected chi connectivity index (χ1v) is 42.3. The Balaban J connectivity index is 0.00000237. The second-order valence-electron chi connectivity index (χ2n) is 29.0. The van der Waals surface area contributed by atoms with Gasteiger partial charge in [-0.3, -0.25) is 0 Å². The third kappa shape index (κ3) is 21.3. The zero-order valence-corrected chi connectivity index (χ0v) is 66.7. The second kappa shape index (κ2) is 41.3. The molecule has 6 aromatic carbocycles. The molecule has 4 fully saturated rings. The van der Waals surface area contributed by atoms with Crippen molar-refractivity contribution in [3.05, 3.63) is 214 Å². The summed E-state index contributed by atoms with van der Waals surface area (Å²) < 4.78 is 98.8. The predicted molar refractivity (Wildman–Crippen MR) is 415 cm³/mol. The summed E-state index contributed by atoms with van der Waals surface area (Å²) in [5, 5.41) is 11.9. The van der Waals surface area contributed by atoms with Gasteiger partial charge in [-0.25, -0.2) is 0 Å². The first kappa shape index (κ1) is 87.3. The SMILES string of the molecule is O=C=O.O=C=O.[B]P([B])O[C@@H]1C(N=[N+]=[N-])[C@@H](OC2C(C)O[C@H](O[C@@H]3C(CO[Si](c4ccccc4)(c4ccccc4)C(C)(C)C)O[C@H](OC4C(C)O[C@@H](C)C(C)[C@@H]4OCc4ccccc4)C(N=[N+]=[N-])[C@H]3OP([B])[B])C(C)[C@@H]2OCc2ccccc2)OC(CO[Si](c2ccccc2)(c2ccccc2)C(C)(C)C)[C@H]1OC. The molecule has 4 saturated heterocycles. The van der Waals surface area contributed by atoms with E-state index in [9.17, 15) is 11.1 Å². The summed E-state index contributed by atoms with van der Waals surface area (Å²) in [6.45, 7) is 23.1. The van der Waals surface area contributed by atoms with E-state index in [1.807, 2.05) is 161 Å². The van der Waals surface area contributed by atoms with Crippen LogP contribution in [-0.2, 0) is 97.7 Å². The summed E-state index contributed by atoms with van der Waals surface area (Å²) in [6.07, 6.45) is -14.9. The van der Waals surface area contributed by atoms with Crippen molar-refractivity contribution in [2.24, 2.45) is 22.1 Å². The van der Waals surface area contributed by atoms with Gasteiger partial charge in [0.2, 0.25) is 0 Å². The van der Waals surface area contributed by atoms with Crippen molar-refractivity contribution in [1.82, 2.24) is 0 Å². The average molecular weight is 1540 g/mol. The number of hydrogen-bond donors (Lipinski definition) is 0. The van der Waals surface area contributed by atoms with E-state index in [0.717, 1.165) is 31.9 Å². The minimum Gasteiger partial charge on any atom is -0.405 e. The van der Waals surface area contributed by atoms with Crippen molar-refractivity contribution in [2.45, 2.75) is 210 Å². The molecule has 6 aromatic rings. The van der Waals surface area contributed by atoms with E-state index < -0.39 is 153 Å². The number of carbonyl (C=O) groups excluding carboxylic acids is 4. The van der Waals surface area contributed by atoms with Crippen LogP contribution in [0.4, 0.5) is 0 Å². The molecule has 20 atom stereocenters. The van der Waals surface area contributed by atoms with Gasteiger partial charge in [0.15, 0.2) is 18.9 Å². The van der Waals surface area contributed by atoms with Gasteiger partial charge >= 0.3 is 12.3 Å². The van der Waals surface area contributed by atoms with E-state index in [-0.39, 0.29) is 50.8 Å². The predicted octanol–water partition coefficient (Wildman–Crippen LogP) is 10.8. The fourth-order valence-corrected chi connectivity index (χ4v) is 25.3. The fourth-order valence-electron chi connectivity index (χ4n) is 15.1. The summed E-state index contributed by atoms with van der Waals surface area (Å²) >= 11 is 0. The van der Waals surface area contributed by atoms with Gasteiger partial charge in [-0.05, 0) is 73.8 Å². The second-order valence-corrected chi connectivity index (χ2v) is 39.4. The third-order valence-corrected chi connectivity index (χ3v) is 31.1. The number of hydrogen-bond acceptors (Lipinski definition) is 20. The Bertz CT molecular complexity index is 3780. The van der Waals surface area contributed by atoms with E-state index in [0.29, 0.717) is 0 Å². The van der Waals surface area contributed by atoms with Gasteiger partial charge in [0.05, 0.1) is 56.9 Å². The van der Waals surface area contributed by atoms with Crippen LogP contribution in [0.25, 0.3) is 20.9 Å². The highest BCUT2D eigenvalue weighted by molar-refractivity contribution is 7.98. The van der Waals surface area contributed by atoms with E-state index >= 15 is 0 Å². The van der Waals surface area contributed by atoms with Crippen LogP contribution in [0.3, 0.4) is 0 Å². The van der Waals surface area contributed by atoms with Crippen molar-refractivity contribution in [3.8, 4) is 0 Å². The fraction of sp³-hybridized carbons (Fsp3) is 0.500. The molecule has 0 bridgehead atoms. The lowest BCUT2D eigenvalue weighted by atomic mass is 9.88. The molecule has 0 aliphatic carbocycles. The first-order chi connectivity index (χ1) is 51.8. The van der Waals surface area contributed by atoms with Gasteiger partial charge in [-0.15, -0.1) is 0 Å². The number of nitrogens with zero attached hydrogens (tertiary/aromatic N) is 6. The summed E-state index contributed by atoms with van der Waals surface area (Å²) in [5.41, 5.74) is 23.0. The Morgan fingerprint density at radius 1 is 0.426 bits per heavy atom. The molecule has 108 heavy (non-hydrogen) atoms. The zero-order valence-electron chi connectivity index (χ0n) is 62.9. The molecule has 10 rings (SSSR count). The molecule has 24 nitrogen and oxygen atoms in total. The van der Waals surface area contributed by atoms with Crippen molar-refractivity contribution in [1.29, 1.82) is 0 Å².